The standard InChI is InChI=1S/C28H29N5O4S2/c1-4-37-27(36)24-20-12-8-9-13-22(20)39-25(24)30-23(34)16-38-28-29-21(14-18-15-32(3)31-17(18)2)26(35)33(28)19-10-6-5-7-11-19/h5-7,10-11,14-15H,4,8-9,12-13,16H2,1-3H3,(H,30,34)/b21-14+. The number of carbonyl (C=O) groups is 3. The molecule has 1 aliphatic carbocycles. The second-order valence-corrected chi connectivity index (χ2v) is 11.3. The van der Waals surface area contributed by atoms with Crippen LogP contribution in [0.2, 0.25) is 0 Å². The van der Waals surface area contributed by atoms with Gasteiger partial charge in [-0.05, 0) is 63.3 Å². The number of aromatic nitrogens is 2. The molecule has 1 aromatic carbocycles. The van der Waals surface area contributed by atoms with Gasteiger partial charge in [0.15, 0.2) is 5.17 Å². The highest BCUT2D eigenvalue weighted by molar-refractivity contribution is 8.14. The van der Waals surface area contributed by atoms with Crippen LogP contribution in [-0.2, 0) is 34.2 Å². The van der Waals surface area contributed by atoms with E-state index in [1.165, 1.54) is 28.0 Å². The van der Waals surface area contributed by atoms with E-state index in [9.17, 15) is 14.4 Å². The van der Waals surface area contributed by atoms with E-state index in [4.69, 9.17) is 4.74 Å². The molecule has 0 atom stereocenters. The van der Waals surface area contributed by atoms with E-state index < -0.39 is 5.97 Å². The Morgan fingerprint density at radius 1 is 1.21 bits per heavy atom. The average Bonchev–Trinajstić information content (AvgIpc) is 3.55. The average molecular weight is 564 g/mol. The maximum absolute atomic E-state index is 13.4. The van der Waals surface area contributed by atoms with Crippen LogP contribution in [0.15, 0.2) is 47.2 Å². The summed E-state index contributed by atoms with van der Waals surface area (Å²) < 4.78 is 6.98. The lowest BCUT2D eigenvalue weighted by atomic mass is 9.95. The number of amidine groups is 1. The van der Waals surface area contributed by atoms with E-state index in [2.05, 4.69) is 15.4 Å². The molecule has 1 aliphatic heterocycles. The number of nitrogens with zero attached hydrogens (tertiary/aromatic N) is 4. The molecule has 2 aromatic heterocycles. The highest BCUT2D eigenvalue weighted by Gasteiger charge is 2.33. The number of ether oxygens (including phenoxy) is 1. The van der Waals surface area contributed by atoms with Gasteiger partial charge in [-0.25, -0.2) is 9.79 Å². The highest BCUT2D eigenvalue weighted by atomic mass is 32.2. The van der Waals surface area contributed by atoms with Gasteiger partial charge in [0.1, 0.15) is 10.7 Å². The minimum atomic E-state index is -0.402. The summed E-state index contributed by atoms with van der Waals surface area (Å²) in [5.41, 5.74) is 4.00. The lowest BCUT2D eigenvalue weighted by molar-refractivity contribution is -0.114. The summed E-state index contributed by atoms with van der Waals surface area (Å²) >= 11 is 2.62. The zero-order valence-electron chi connectivity index (χ0n) is 22.0. The maximum Gasteiger partial charge on any atom is 0.341 e. The largest absolute Gasteiger partial charge is 0.462 e. The first kappa shape index (κ1) is 26.9. The number of nitrogens with one attached hydrogen (secondary N) is 1. The number of anilines is 2. The van der Waals surface area contributed by atoms with E-state index in [1.807, 2.05) is 50.5 Å². The van der Waals surface area contributed by atoms with Crippen molar-refractivity contribution >= 4 is 62.8 Å². The molecule has 2 aliphatic rings. The van der Waals surface area contributed by atoms with Gasteiger partial charge in [-0.15, -0.1) is 11.3 Å². The zero-order chi connectivity index (χ0) is 27.5. The Labute approximate surface area is 234 Å². The van der Waals surface area contributed by atoms with Gasteiger partial charge in [-0.3, -0.25) is 19.2 Å². The molecule has 3 aromatic rings. The Morgan fingerprint density at radius 2 is 1.97 bits per heavy atom. The molecule has 3 heterocycles. The number of carbonyl (C=O) groups excluding carboxylic acids is 3. The van der Waals surface area contributed by atoms with Gasteiger partial charge >= 0.3 is 5.97 Å². The van der Waals surface area contributed by atoms with Crippen LogP contribution in [0.5, 0.6) is 0 Å². The number of fused-ring (bicyclic) bond motifs is 1. The van der Waals surface area contributed by atoms with Crippen molar-refractivity contribution in [2.75, 3.05) is 22.6 Å². The van der Waals surface area contributed by atoms with Crippen molar-refractivity contribution in [3.05, 3.63) is 69.5 Å². The van der Waals surface area contributed by atoms with Crippen molar-refractivity contribution in [1.29, 1.82) is 0 Å². The lowest BCUT2D eigenvalue weighted by Gasteiger charge is -2.17. The molecule has 5 rings (SSSR count). The molecule has 0 fully saturated rings. The van der Waals surface area contributed by atoms with Crippen molar-refractivity contribution in [2.45, 2.75) is 39.5 Å². The molecule has 9 nitrogen and oxygen atoms in total. The first-order valence-corrected chi connectivity index (χ1v) is 14.6. The molecule has 11 heteroatoms. The Bertz CT molecular complexity index is 1490. The van der Waals surface area contributed by atoms with Crippen LogP contribution in [0, 0.1) is 6.92 Å². The topological polar surface area (TPSA) is 106 Å². The smallest absolute Gasteiger partial charge is 0.341 e. The van der Waals surface area contributed by atoms with Crippen LogP contribution in [0.4, 0.5) is 10.7 Å². The monoisotopic (exact) mass is 563 g/mol. The fourth-order valence-electron chi connectivity index (χ4n) is 4.67. The molecule has 39 heavy (non-hydrogen) atoms. The number of rotatable bonds is 7. The summed E-state index contributed by atoms with van der Waals surface area (Å²) in [5.74, 6) is -0.948. The molecule has 0 saturated heterocycles. The number of aliphatic imine (C=N–C) groups is 1. The highest BCUT2D eigenvalue weighted by Crippen LogP contribution is 2.39. The second-order valence-electron chi connectivity index (χ2n) is 9.22. The minimum absolute atomic E-state index is 0.0134. The number of amides is 2. The van der Waals surface area contributed by atoms with Gasteiger partial charge in [-0.2, -0.15) is 5.10 Å². The molecular formula is C28H29N5O4S2. The summed E-state index contributed by atoms with van der Waals surface area (Å²) in [7, 11) is 1.82. The summed E-state index contributed by atoms with van der Waals surface area (Å²) in [6.45, 7) is 3.91. The molecule has 202 valence electrons. The number of aryl methyl sites for hydroxylation is 3. The molecule has 0 saturated carbocycles. The van der Waals surface area contributed by atoms with Crippen LogP contribution >= 0.6 is 23.1 Å². The van der Waals surface area contributed by atoms with Crippen LogP contribution < -0.4 is 10.2 Å². The molecule has 2 amide bonds. The first-order valence-electron chi connectivity index (χ1n) is 12.8. The van der Waals surface area contributed by atoms with Gasteiger partial charge in [0.05, 0.1) is 29.3 Å². The Morgan fingerprint density at radius 3 is 2.69 bits per heavy atom. The number of para-hydroxylation sites is 1. The van der Waals surface area contributed by atoms with Crippen LogP contribution in [0.25, 0.3) is 6.08 Å². The van der Waals surface area contributed by atoms with E-state index in [1.54, 1.807) is 17.7 Å². The number of esters is 1. The number of hydrogen-bond acceptors (Lipinski definition) is 8. The molecule has 0 radical (unpaired) electrons. The van der Waals surface area contributed by atoms with Crippen molar-refractivity contribution in [3.8, 4) is 0 Å². The van der Waals surface area contributed by atoms with E-state index in [0.717, 1.165) is 47.4 Å². The second kappa shape index (κ2) is 11.6. The summed E-state index contributed by atoms with van der Waals surface area (Å²) in [6.07, 6.45) is 7.33. The molecule has 1 N–H and O–H groups in total. The molecule has 0 spiro atoms. The van der Waals surface area contributed by atoms with Crippen LogP contribution in [0.3, 0.4) is 0 Å². The van der Waals surface area contributed by atoms with Gasteiger partial charge in [0.25, 0.3) is 5.91 Å². The van der Waals surface area contributed by atoms with Crippen LogP contribution in [0.1, 0.15) is 51.8 Å². The first-order chi connectivity index (χ1) is 18.9. The van der Waals surface area contributed by atoms with E-state index >= 15 is 0 Å². The summed E-state index contributed by atoms with van der Waals surface area (Å²) in [4.78, 5) is 46.5. The van der Waals surface area contributed by atoms with Crippen molar-refractivity contribution in [1.82, 2.24) is 9.78 Å². The fourth-order valence-corrected chi connectivity index (χ4v) is 6.78. The van der Waals surface area contributed by atoms with Crippen LogP contribution in [-0.4, -0.2) is 45.1 Å². The number of thiophene rings is 1. The van der Waals surface area contributed by atoms with Gasteiger partial charge in [0.2, 0.25) is 5.91 Å². The third-order valence-corrected chi connectivity index (χ3v) is 8.57. The minimum Gasteiger partial charge on any atom is -0.462 e. The predicted octanol–water partition coefficient (Wildman–Crippen LogP) is 4.96. The quantitative estimate of drug-likeness (QED) is 0.322. The number of hydrogen-bond donors (Lipinski definition) is 1. The third kappa shape index (κ3) is 5.69. The van der Waals surface area contributed by atoms with Crippen molar-refractivity contribution < 1.29 is 19.1 Å². The number of benzene rings is 1. The van der Waals surface area contributed by atoms with Crippen molar-refractivity contribution in [3.63, 3.8) is 0 Å². The van der Waals surface area contributed by atoms with E-state index in [0.29, 0.717) is 21.4 Å². The SMILES string of the molecule is CCOC(=O)c1c(NC(=O)CSC2=N/C(=C/c3cn(C)nc3C)C(=O)N2c2ccccc2)sc2c1CCCC2. The van der Waals surface area contributed by atoms with E-state index in [-0.39, 0.29) is 29.9 Å². The third-order valence-electron chi connectivity index (χ3n) is 6.42. The zero-order valence-corrected chi connectivity index (χ0v) is 23.7. The van der Waals surface area contributed by atoms with Gasteiger partial charge in [-0.1, -0.05) is 30.0 Å². The Hall–Kier alpha value is -3.70. The lowest BCUT2D eigenvalue weighted by Crippen LogP contribution is -2.31. The Balaban J connectivity index is 1.37. The number of thioether (sulfide) groups is 1. The van der Waals surface area contributed by atoms with Gasteiger partial charge in [0, 0.05) is 23.7 Å². The summed E-state index contributed by atoms with van der Waals surface area (Å²) in [5, 5.41) is 8.21. The fraction of sp³-hybridized carbons (Fsp3) is 0.321. The van der Waals surface area contributed by atoms with Crippen molar-refractivity contribution in [2.24, 2.45) is 12.0 Å². The molecule has 0 bridgehead atoms. The maximum atomic E-state index is 13.4. The van der Waals surface area contributed by atoms with Gasteiger partial charge < -0.3 is 10.1 Å². The molecule has 0 unspecified atom stereocenters. The Kier molecular flexibility index (Phi) is 7.99. The predicted molar refractivity (Wildman–Crippen MR) is 155 cm³/mol. The normalized spacial score (nSPS) is 15.9. The molecular weight excluding hydrogens is 534 g/mol. The summed E-state index contributed by atoms with van der Waals surface area (Å²) in [6, 6.07) is 9.22.